The van der Waals surface area contributed by atoms with Crippen LogP contribution in [0.5, 0.6) is 23.0 Å². The van der Waals surface area contributed by atoms with E-state index in [1.807, 2.05) is 13.0 Å². The summed E-state index contributed by atoms with van der Waals surface area (Å²) < 4.78 is 21.0. The average molecular weight is 315 g/mol. The molecule has 1 heterocycles. The van der Waals surface area contributed by atoms with E-state index in [2.05, 4.69) is 5.32 Å². The van der Waals surface area contributed by atoms with Gasteiger partial charge in [-0.2, -0.15) is 0 Å². The SMILES string of the molecule is COc1ccc(C(=O)Nc2cc3c(cc2C)OCO3)cc1OC. The van der Waals surface area contributed by atoms with Gasteiger partial charge in [0.05, 0.1) is 14.2 Å². The molecule has 6 nitrogen and oxygen atoms in total. The quantitative estimate of drug-likeness (QED) is 0.939. The molecular formula is C17H17NO5. The topological polar surface area (TPSA) is 66.0 Å². The lowest BCUT2D eigenvalue weighted by molar-refractivity contribution is 0.102. The maximum absolute atomic E-state index is 12.5. The molecule has 0 saturated heterocycles. The molecule has 1 aliphatic rings. The van der Waals surface area contributed by atoms with Crippen LogP contribution in [-0.4, -0.2) is 26.9 Å². The minimum Gasteiger partial charge on any atom is -0.493 e. The molecule has 1 aliphatic heterocycles. The molecule has 0 bridgehead atoms. The van der Waals surface area contributed by atoms with E-state index in [-0.39, 0.29) is 12.7 Å². The first-order chi connectivity index (χ1) is 11.1. The van der Waals surface area contributed by atoms with Crippen LogP contribution in [0.3, 0.4) is 0 Å². The second-order valence-corrected chi connectivity index (χ2v) is 5.04. The number of fused-ring (bicyclic) bond motifs is 1. The van der Waals surface area contributed by atoms with Gasteiger partial charge in [0.25, 0.3) is 5.91 Å². The van der Waals surface area contributed by atoms with Gasteiger partial charge in [-0.15, -0.1) is 0 Å². The molecule has 2 aromatic rings. The molecule has 120 valence electrons. The third kappa shape index (κ3) is 2.88. The fourth-order valence-corrected chi connectivity index (χ4v) is 2.35. The van der Waals surface area contributed by atoms with Crippen LogP contribution in [0.4, 0.5) is 5.69 Å². The first-order valence-electron chi connectivity index (χ1n) is 7.06. The van der Waals surface area contributed by atoms with Crippen LogP contribution >= 0.6 is 0 Å². The van der Waals surface area contributed by atoms with Gasteiger partial charge in [-0.1, -0.05) is 0 Å². The number of anilines is 1. The van der Waals surface area contributed by atoms with Crippen molar-refractivity contribution in [2.24, 2.45) is 0 Å². The number of carbonyl (C=O) groups excluding carboxylic acids is 1. The van der Waals surface area contributed by atoms with Gasteiger partial charge >= 0.3 is 0 Å². The van der Waals surface area contributed by atoms with Crippen molar-refractivity contribution in [2.45, 2.75) is 6.92 Å². The predicted molar refractivity (Wildman–Crippen MR) is 84.8 cm³/mol. The monoisotopic (exact) mass is 315 g/mol. The summed E-state index contributed by atoms with van der Waals surface area (Å²) >= 11 is 0. The molecule has 0 aliphatic carbocycles. The van der Waals surface area contributed by atoms with Crippen LogP contribution in [0.15, 0.2) is 30.3 Å². The van der Waals surface area contributed by atoms with E-state index in [4.69, 9.17) is 18.9 Å². The summed E-state index contributed by atoms with van der Waals surface area (Å²) in [7, 11) is 3.08. The minimum atomic E-state index is -0.243. The molecule has 3 rings (SSSR count). The second-order valence-electron chi connectivity index (χ2n) is 5.04. The molecule has 0 radical (unpaired) electrons. The Morgan fingerprint density at radius 3 is 2.43 bits per heavy atom. The predicted octanol–water partition coefficient (Wildman–Crippen LogP) is 2.99. The average Bonchev–Trinajstić information content (AvgIpc) is 3.01. The third-order valence-electron chi connectivity index (χ3n) is 3.61. The molecule has 0 aromatic heterocycles. The highest BCUT2D eigenvalue weighted by molar-refractivity contribution is 6.05. The van der Waals surface area contributed by atoms with Crippen molar-refractivity contribution in [2.75, 3.05) is 26.3 Å². The summed E-state index contributed by atoms with van der Waals surface area (Å²) in [4.78, 5) is 12.5. The number of hydrogen-bond donors (Lipinski definition) is 1. The summed E-state index contributed by atoms with van der Waals surface area (Å²) in [5.74, 6) is 2.14. The number of carbonyl (C=O) groups is 1. The third-order valence-corrected chi connectivity index (χ3v) is 3.61. The van der Waals surface area contributed by atoms with Crippen molar-refractivity contribution in [3.8, 4) is 23.0 Å². The van der Waals surface area contributed by atoms with Crippen molar-refractivity contribution in [1.82, 2.24) is 0 Å². The van der Waals surface area contributed by atoms with E-state index in [9.17, 15) is 4.79 Å². The lowest BCUT2D eigenvalue weighted by atomic mass is 10.1. The maximum atomic E-state index is 12.5. The van der Waals surface area contributed by atoms with Gasteiger partial charge in [0, 0.05) is 17.3 Å². The first-order valence-corrected chi connectivity index (χ1v) is 7.06. The second kappa shape index (κ2) is 6.08. The van der Waals surface area contributed by atoms with Crippen molar-refractivity contribution in [3.05, 3.63) is 41.5 Å². The molecule has 0 atom stereocenters. The number of benzene rings is 2. The molecule has 0 spiro atoms. The van der Waals surface area contributed by atoms with Gasteiger partial charge in [0.1, 0.15) is 0 Å². The standard InChI is InChI=1S/C17H17NO5/c1-10-6-15-16(23-9-22-15)8-12(10)18-17(19)11-4-5-13(20-2)14(7-11)21-3/h4-8H,9H2,1-3H3,(H,18,19). The van der Waals surface area contributed by atoms with Crippen LogP contribution in [0.25, 0.3) is 0 Å². The Morgan fingerprint density at radius 1 is 1.04 bits per heavy atom. The Morgan fingerprint density at radius 2 is 1.74 bits per heavy atom. The summed E-state index contributed by atoms with van der Waals surface area (Å²) in [6.45, 7) is 2.09. The fraction of sp³-hybridized carbons (Fsp3) is 0.235. The van der Waals surface area contributed by atoms with Crippen molar-refractivity contribution in [3.63, 3.8) is 0 Å². The summed E-state index contributed by atoms with van der Waals surface area (Å²) in [5.41, 5.74) is 2.04. The van der Waals surface area contributed by atoms with Gasteiger partial charge in [-0.3, -0.25) is 4.79 Å². The van der Waals surface area contributed by atoms with E-state index >= 15 is 0 Å². The number of ether oxygens (including phenoxy) is 4. The van der Waals surface area contributed by atoms with Crippen LogP contribution in [-0.2, 0) is 0 Å². The fourth-order valence-electron chi connectivity index (χ4n) is 2.35. The van der Waals surface area contributed by atoms with E-state index < -0.39 is 0 Å². The zero-order valence-corrected chi connectivity index (χ0v) is 13.1. The largest absolute Gasteiger partial charge is 0.493 e. The van der Waals surface area contributed by atoms with Crippen LogP contribution < -0.4 is 24.3 Å². The first kappa shape index (κ1) is 15.0. The Hall–Kier alpha value is -2.89. The Balaban J connectivity index is 1.85. The zero-order valence-electron chi connectivity index (χ0n) is 13.1. The highest BCUT2D eigenvalue weighted by Gasteiger charge is 2.18. The van der Waals surface area contributed by atoms with Crippen LogP contribution in [0.1, 0.15) is 15.9 Å². The maximum Gasteiger partial charge on any atom is 0.255 e. The number of methoxy groups -OCH3 is 2. The number of hydrogen-bond acceptors (Lipinski definition) is 5. The van der Waals surface area contributed by atoms with Crippen LogP contribution in [0, 0.1) is 6.92 Å². The lowest BCUT2D eigenvalue weighted by Gasteiger charge is -2.12. The van der Waals surface area contributed by atoms with Crippen molar-refractivity contribution < 1.29 is 23.7 Å². The molecule has 0 saturated carbocycles. The summed E-state index contributed by atoms with van der Waals surface area (Å²) in [5, 5.41) is 2.87. The molecule has 6 heteroatoms. The summed E-state index contributed by atoms with van der Waals surface area (Å²) in [6.07, 6.45) is 0. The van der Waals surface area contributed by atoms with Crippen molar-refractivity contribution >= 4 is 11.6 Å². The smallest absolute Gasteiger partial charge is 0.255 e. The van der Waals surface area contributed by atoms with Gasteiger partial charge in [0.2, 0.25) is 6.79 Å². The van der Waals surface area contributed by atoms with Gasteiger partial charge in [0.15, 0.2) is 23.0 Å². The number of nitrogens with one attached hydrogen (secondary N) is 1. The van der Waals surface area contributed by atoms with Gasteiger partial charge < -0.3 is 24.3 Å². The minimum absolute atomic E-state index is 0.196. The molecule has 1 amide bonds. The molecule has 0 unspecified atom stereocenters. The Kier molecular flexibility index (Phi) is 3.97. The van der Waals surface area contributed by atoms with Crippen molar-refractivity contribution in [1.29, 1.82) is 0 Å². The number of amides is 1. The molecule has 2 aromatic carbocycles. The van der Waals surface area contributed by atoms with Gasteiger partial charge in [-0.05, 0) is 36.8 Å². The van der Waals surface area contributed by atoms with Gasteiger partial charge in [-0.25, -0.2) is 0 Å². The highest BCUT2D eigenvalue weighted by atomic mass is 16.7. The zero-order chi connectivity index (χ0) is 16.4. The lowest BCUT2D eigenvalue weighted by Crippen LogP contribution is -2.13. The molecular weight excluding hydrogens is 298 g/mol. The van der Waals surface area contributed by atoms with E-state index in [1.54, 1.807) is 31.4 Å². The molecule has 1 N–H and O–H groups in total. The molecule has 0 fully saturated rings. The van der Waals surface area contributed by atoms with E-state index in [0.29, 0.717) is 34.2 Å². The molecule has 23 heavy (non-hydrogen) atoms. The van der Waals surface area contributed by atoms with E-state index in [0.717, 1.165) is 5.56 Å². The van der Waals surface area contributed by atoms with E-state index in [1.165, 1.54) is 7.11 Å². The normalized spacial score (nSPS) is 12.0. The summed E-state index contributed by atoms with van der Waals surface area (Å²) in [6, 6.07) is 8.61. The Bertz CT molecular complexity index is 757. The Labute approximate surface area is 133 Å². The van der Waals surface area contributed by atoms with Crippen LogP contribution in [0.2, 0.25) is 0 Å². The number of aryl methyl sites for hydroxylation is 1. The highest BCUT2D eigenvalue weighted by Crippen LogP contribution is 2.37. The number of rotatable bonds is 4.